The largest absolute Gasteiger partial charge is 0.491 e. The van der Waals surface area contributed by atoms with Crippen LogP contribution >= 0.6 is 11.6 Å². The molecule has 0 unspecified atom stereocenters. The lowest BCUT2D eigenvalue weighted by molar-refractivity contribution is 0.107. The summed E-state index contributed by atoms with van der Waals surface area (Å²) in [5.74, 6) is 0.629. The van der Waals surface area contributed by atoms with E-state index in [2.05, 4.69) is 22.6 Å². The Morgan fingerprint density at radius 2 is 2.04 bits per heavy atom. The summed E-state index contributed by atoms with van der Waals surface area (Å²) in [5, 5.41) is 16.1. The number of urea groups is 1. The van der Waals surface area contributed by atoms with E-state index in [9.17, 15) is 9.90 Å². The zero-order chi connectivity index (χ0) is 16.7. The van der Waals surface area contributed by atoms with Crippen LogP contribution in [0.15, 0.2) is 24.3 Å². The van der Waals surface area contributed by atoms with E-state index in [0.29, 0.717) is 10.8 Å². The first-order chi connectivity index (χ1) is 11.0. The number of aliphatic hydroxyl groups excluding tert-OH is 1. The minimum absolute atomic E-state index is 0.107. The van der Waals surface area contributed by atoms with Gasteiger partial charge >= 0.3 is 6.03 Å². The average Bonchev–Trinajstić information content (AvgIpc) is 2.54. The van der Waals surface area contributed by atoms with Crippen LogP contribution in [0.1, 0.15) is 12.8 Å². The number of halogens is 1. The molecule has 0 saturated carbocycles. The molecule has 0 aromatic heterocycles. The molecule has 6 nitrogen and oxygen atoms in total. The topological polar surface area (TPSA) is 73.8 Å². The Kier molecular flexibility index (Phi) is 6.95. The third kappa shape index (κ3) is 6.64. The summed E-state index contributed by atoms with van der Waals surface area (Å²) in [6.45, 7) is 2.23. The molecule has 128 valence electrons. The predicted octanol–water partition coefficient (Wildman–Crippen LogP) is 1.47. The van der Waals surface area contributed by atoms with Crippen molar-refractivity contribution in [2.75, 3.05) is 33.3 Å². The number of carbonyl (C=O) groups excluding carboxylic acids is 1. The Balaban J connectivity index is 1.60. The summed E-state index contributed by atoms with van der Waals surface area (Å²) in [7, 11) is 2.08. The summed E-state index contributed by atoms with van der Waals surface area (Å²) >= 11 is 5.78. The van der Waals surface area contributed by atoms with Gasteiger partial charge in [0.2, 0.25) is 0 Å². The van der Waals surface area contributed by atoms with Gasteiger partial charge in [-0.2, -0.15) is 0 Å². The van der Waals surface area contributed by atoms with Crippen LogP contribution in [0.3, 0.4) is 0 Å². The van der Waals surface area contributed by atoms with Gasteiger partial charge in [0.15, 0.2) is 0 Å². The molecule has 3 N–H and O–H groups in total. The molecule has 1 aliphatic rings. The quantitative estimate of drug-likeness (QED) is 0.732. The Morgan fingerprint density at radius 1 is 1.39 bits per heavy atom. The number of piperidine rings is 1. The maximum absolute atomic E-state index is 11.8. The number of benzene rings is 1. The molecular weight excluding hydrogens is 318 g/mol. The van der Waals surface area contributed by atoms with Crippen LogP contribution < -0.4 is 15.4 Å². The fourth-order valence-corrected chi connectivity index (χ4v) is 2.51. The van der Waals surface area contributed by atoms with Crippen molar-refractivity contribution in [1.29, 1.82) is 0 Å². The summed E-state index contributed by atoms with van der Waals surface area (Å²) < 4.78 is 5.43. The molecule has 1 atom stereocenters. The standard InChI is InChI=1S/C16H24ClN3O3/c1-20-8-6-13(7-9-20)19-16(22)18-10-14(21)11-23-15-4-2-12(17)3-5-15/h2-5,13-14,21H,6-11H2,1H3,(H2,18,19,22)/t14-/m0/s1. The SMILES string of the molecule is CN1CCC(NC(=O)NC[C@H](O)COc2ccc(Cl)cc2)CC1. The summed E-state index contributed by atoms with van der Waals surface area (Å²) in [6.07, 6.45) is 1.13. The van der Waals surface area contributed by atoms with Gasteiger partial charge in [0, 0.05) is 17.6 Å². The zero-order valence-electron chi connectivity index (χ0n) is 13.3. The molecule has 1 saturated heterocycles. The summed E-state index contributed by atoms with van der Waals surface area (Å²) in [4.78, 5) is 14.1. The highest BCUT2D eigenvalue weighted by Gasteiger charge is 2.18. The van der Waals surface area contributed by atoms with Crippen molar-refractivity contribution >= 4 is 17.6 Å². The van der Waals surface area contributed by atoms with Crippen molar-refractivity contribution in [3.05, 3.63) is 29.3 Å². The van der Waals surface area contributed by atoms with E-state index in [1.54, 1.807) is 24.3 Å². The first-order valence-electron chi connectivity index (χ1n) is 7.82. The van der Waals surface area contributed by atoms with Gasteiger partial charge in [0.25, 0.3) is 0 Å². The molecule has 7 heteroatoms. The fourth-order valence-electron chi connectivity index (χ4n) is 2.38. The lowest BCUT2D eigenvalue weighted by Gasteiger charge is -2.29. The number of likely N-dealkylation sites (tertiary alicyclic amines) is 1. The number of ether oxygens (including phenoxy) is 1. The van der Waals surface area contributed by atoms with Crippen LogP contribution in [-0.2, 0) is 0 Å². The minimum atomic E-state index is -0.770. The predicted molar refractivity (Wildman–Crippen MR) is 90.0 cm³/mol. The Morgan fingerprint density at radius 3 is 2.70 bits per heavy atom. The number of rotatable bonds is 6. The summed E-state index contributed by atoms with van der Waals surface area (Å²) in [5.41, 5.74) is 0. The number of carbonyl (C=O) groups is 1. The van der Waals surface area contributed by atoms with Gasteiger partial charge in [-0.3, -0.25) is 0 Å². The normalized spacial score (nSPS) is 17.5. The molecule has 0 bridgehead atoms. The van der Waals surface area contributed by atoms with E-state index >= 15 is 0 Å². The van der Waals surface area contributed by atoms with Gasteiger partial charge in [-0.1, -0.05) is 11.6 Å². The first kappa shape index (κ1) is 17.8. The number of nitrogens with one attached hydrogen (secondary N) is 2. The molecule has 1 heterocycles. The van der Waals surface area contributed by atoms with Gasteiger partial charge in [-0.15, -0.1) is 0 Å². The smallest absolute Gasteiger partial charge is 0.315 e. The zero-order valence-corrected chi connectivity index (χ0v) is 14.1. The Labute approximate surface area is 141 Å². The minimum Gasteiger partial charge on any atom is -0.491 e. The molecule has 0 spiro atoms. The van der Waals surface area contributed by atoms with Crippen molar-refractivity contribution in [3.8, 4) is 5.75 Å². The highest BCUT2D eigenvalue weighted by molar-refractivity contribution is 6.30. The van der Waals surface area contributed by atoms with E-state index in [1.807, 2.05) is 0 Å². The Bertz CT molecular complexity index is 490. The van der Waals surface area contributed by atoms with Gasteiger partial charge in [-0.25, -0.2) is 4.79 Å². The highest BCUT2D eigenvalue weighted by atomic mass is 35.5. The van der Waals surface area contributed by atoms with Crippen molar-refractivity contribution in [3.63, 3.8) is 0 Å². The maximum atomic E-state index is 11.8. The number of amides is 2. The molecule has 1 aromatic carbocycles. The molecule has 2 amide bonds. The molecular formula is C16H24ClN3O3. The second-order valence-corrected chi connectivity index (χ2v) is 6.29. The van der Waals surface area contributed by atoms with Crippen LogP contribution in [0.4, 0.5) is 4.79 Å². The van der Waals surface area contributed by atoms with Crippen LogP contribution in [-0.4, -0.2) is 61.5 Å². The second-order valence-electron chi connectivity index (χ2n) is 5.85. The average molecular weight is 342 g/mol. The van der Waals surface area contributed by atoms with E-state index in [-0.39, 0.29) is 25.2 Å². The fraction of sp³-hybridized carbons (Fsp3) is 0.562. The third-order valence-corrected chi connectivity index (χ3v) is 4.06. The van der Waals surface area contributed by atoms with E-state index < -0.39 is 6.10 Å². The molecule has 0 aliphatic carbocycles. The molecule has 1 fully saturated rings. The lowest BCUT2D eigenvalue weighted by Crippen LogP contribution is -2.48. The second kappa shape index (κ2) is 8.96. The van der Waals surface area contributed by atoms with E-state index in [1.165, 1.54) is 0 Å². The van der Waals surface area contributed by atoms with E-state index in [0.717, 1.165) is 25.9 Å². The maximum Gasteiger partial charge on any atom is 0.315 e. The number of aliphatic hydroxyl groups is 1. The molecule has 23 heavy (non-hydrogen) atoms. The van der Waals surface area contributed by atoms with Crippen molar-refractivity contribution in [1.82, 2.24) is 15.5 Å². The number of hydrogen-bond acceptors (Lipinski definition) is 4. The number of hydrogen-bond donors (Lipinski definition) is 3. The van der Waals surface area contributed by atoms with Gasteiger partial charge in [0.05, 0.1) is 0 Å². The van der Waals surface area contributed by atoms with Gasteiger partial charge in [-0.05, 0) is 57.2 Å². The van der Waals surface area contributed by atoms with Crippen molar-refractivity contribution < 1.29 is 14.6 Å². The van der Waals surface area contributed by atoms with Crippen LogP contribution in [0.5, 0.6) is 5.75 Å². The lowest BCUT2D eigenvalue weighted by atomic mass is 10.1. The number of nitrogens with zero attached hydrogens (tertiary/aromatic N) is 1. The van der Waals surface area contributed by atoms with Crippen molar-refractivity contribution in [2.45, 2.75) is 25.0 Å². The van der Waals surface area contributed by atoms with Crippen LogP contribution in [0.25, 0.3) is 0 Å². The van der Waals surface area contributed by atoms with Crippen molar-refractivity contribution in [2.24, 2.45) is 0 Å². The van der Waals surface area contributed by atoms with E-state index in [4.69, 9.17) is 16.3 Å². The van der Waals surface area contributed by atoms with Crippen LogP contribution in [0.2, 0.25) is 5.02 Å². The van der Waals surface area contributed by atoms with Crippen LogP contribution in [0, 0.1) is 0 Å². The molecule has 1 aromatic rings. The molecule has 1 aliphatic heterocycles. The molecule has 0 radical (unpaired) electrons. The first-order valence-corrected chi connectivity index (χ1v) is 8.20. The molecule has 2 rings (SSSR count). The highest BCUT2D eigenvalue weighted by Crippen LogP contribution is 2.15. The third-order valence-electron chi connectivity index (χ3n) is 3.81. The monoisotopic (exact) mass is 341 g/mol. The van der Waals surface area contributed by atoms with Gasteiger partial charge < -0.3 is 25.4 Å². The van der Waals surface area contributed by atoms with Gasteiger partial charge in [0.1, 0.15) is 18.5 Å². The Hall–Kier alpha value is -1.50. The summed E-state index contributed by atoms with van der Waals surface area (Å²) in [6, 6.07) is 6.86.